The molecule has 0 unspecified atom stereocenters. The number of hydrogen-bond donors (Lipinski definition) is 5. The number of ether oxygens (including phenoxy) is 9. The van der Waals surface area contributed by atoms with Crippen LogP contribution in [0.15, 0.2) is 162 Å². The van der Waals surface area contributed by atoms with Crippen molar-refractivity contribution in [1.29, 1.82) is 0 Å². The number of aryl methyl sites for hydroxylation is 5. The third-order valence-corrected chi connectivity index (χ3v) is 15.5. The monoisotopic (exact) mass is 1930 g/mol. The first kappa shape index (κ1) is 115. The summed E-state index contributed by atoms with van der Waals surface area (Å²) in [5, 5.41) is 71.8. The van der Waals surface area contributed by atoms with Crippen LogP contribution in [0.3, 0.4) is 0 Å². The molecule has 0 bridgehead atoms. The van der Waals surface area contributed by atoms with E-state index in [1.807, 2.05) is 140 Å². The number of amides is 1. The van der Waals surface area contributed by atoms with E-state index in [1.54, 1.807) is 97.9 Å². The van der Waals surface area contributed by atoms with E-state index in [0.717, 1.165) is 45.5 Å². The molecule has 49 heteroatoms. The minimum atomic E-state index is -1.06. The minimum absolute atomic E-state index is 0. The summed E-state index contributed by atoms with van der Waals surface area (Å²) in [6.45, 7) is 29.8. The van der Waals surface area contributed by atoms with Crippen LogP contribution < -0.4 is 89.9 Å². The van der Waals surface area contributed by atoms with Gasteiger partial charge in [0, 0.05) is 101 Å². The van der Waals surface area contributed by atoms with Gasteiger partial charge in [0.1, 0.15) is 60.4 Å². The van der Waals surface area contributed by atoms with E-state index < -0.39 is 47.9 Å². The number of phenolic OH excluding ortho intramolecular Hbond substituents is 2. The zero-order valence-corrected chi connectivity index (χ0v) is 82.5. The molecule has 0 fully saturated rings. The SMILES string of the molecule is CC(C)COC(=O)Cl.Cc1cc(O)cc(-c2ncn(/C=C\C(=O)O)n2)c1.Cc1cc(O)cc(-c2ncn(/C=C\c3nnco3)n2)c1.Cc1cc(OC(=O)OCC(C)C)cc(-c2ncn(/C=C\C(=O)NN)n2)c1.Cc1cc(OC(=O)OCC(C)C)cc(-c2ncn(/C=C\C(=O)OC(=O)OCC(C)C)n2)c1.Cc1cc(OC(=O)OCC(C)C)cc(-c2ncn(/C=C\c3nnco3)n2)c1.O=CO[O-].[H-].[Na+].[Na+]. The van der Waals surface area contributed by atoms with Gasteiger partial charge in [-0.1, -0.05) is 69.2 Å². The molecule has 5 aromatic carbocycles. The number of aromatic nitrogens is 19. The summed E-state index contributed by atoms with van der Waals surface area (Å²) in [6, 6.07) is 25.8. The number of hydrogen-bond acceptors (Lipinski definition) is 39. The molecule has 0 saturated carbocycles. The zero-order valence-electron chi connectivity index (χ0n) is 78.8. The van der Waals surface area contributed by atoms with Gasteiger partial charge in [0.2, 0.25) is 24.6 Å². The van der Waals surface area contributed by atoms with Crippen molar-refractivity contribution in [2.75, 3.05) is 33.0 Å². The minimum Gasteiger partial charge on any atom is -1.00 e. The molecule has 6 N–H and O–H groups in total. The van der Waals surface area contributed by atoms with E-state index >= 15 is 0 Å². The standard InChI is InChI=1S/C22H27N3O7.C18H19N5O4.C17H21N5O4.C13H11N5O2.C12H11N3O3.C5H9ClO2.CH2O3.2Na.H/c1-14(2)11-29-21(27)31-18-9-16(5)8-17(10-18)20-23-13-25(24-20)7-6-19(26)32-22(28)30-12-15(3)4;1-12(2)9-25-18(24)27-15-7-13(3)6-14(8-15)17-19-10-23(22-17)5-4-16-21-20-11-26-16;1-11(2)9-25-17(24)26-14-7-12(3)6-13(8-14)16-19-10-22(21-16)5-4-15(23)20-18;1-9-4-10(6-11(19)5-9)13-14-7-18(17-13)3-2-12-16-15-8-20-12;1-8-4-9(6-10(16)5-8)12-13-7-15(14-12)3-2-11(17)18;1-4(2)3-8-5(6)7;2-1-4-3;;;/h6-10,13-15H,11-12H2,1-5H3;4-8,10-12H,9H2,1-3H3;4-8,10-11H,9,18H2,1-3H3,(H,20,23);2-8,19H,1H3;2-7,16H,1H3,(H,17,18);4H,3H2,1-2H3;1,3H;;;/q;;;;;;;2*+1;-1/p-1/b7-6-;2*5-4-;2*3-2-;;;;;. The number of carbonyl (C=O) groups excluding carboxylic acids is 8. The van der Waals surface area contributed by atoms with Crippen molar-refractivity contribution >= 4 is 109 Å². The van der Waals surface area contributed by atoms with Gasteiger partial charge >= 0.3 is 101 Å². The van der Waals surface area contributed by atoms with E-state index in [-0.39, 0.29) is 122 Å². The van der Waals surface area contributed by atoms with Crippen LogP contribution in [-0.2, 0) is 52.5 Å². The number of hydrazine groups is 1. The van der Waals surface area contributed by atoms with E-state index in [1.165, 1.54) is 79.9 Å². The van der Waals surface area contributed by atoms with Gasteiger partial charge in [0.05, 0.1) is 33.0 Å². The summed E-state index contributed by atoms with van der Waals surface area (Å²) < 4.78 is 61.4. The Labute approximate surface area is 834 Å². The molecule has 0 spiro atoms. The van der Waals surface area contributed by atoms with Gasteiger partial charge in [-0.3, -0.25) is 15.0 Å². The summed E-state index contributed by atoms with van der Waals surface area (Å²) in [6.07, 6.45) is 20.2. The maximum Gasteiger partial charge on any atom is 1.00 e. The Morgan fingerprint density at radius 3 is 0.985 bits per heavy atom. The summed E-state index contributed by atoms with van der Waals surface area (Å²) in [4.78, 5) is 122. The van der Waals surface area contributed by atoms with Crippen LogP contribution in [0, 0.1) is 64.2 Å². The molecule has 7 heterocycles. The number of nitrogens with two attached hydrogens (primary N) is 1. The molecule has 1 amide bonds. The van der Waals surface area contributed by atoms with Crippen LogP contribution >= 0.6 is 11.6 Å². The van der Waals surface area contributed by atoms with Gasteiger partial charge in [0.25, 0.3) is 12.4 Å². The number of phenols is 2. The number of nitrogens with zero attached hydrogens (tertiary/aromatic N) is 19. The second-order valence-corrected chi connectivity index (χ2v) is 30.4. The molecule has 137 heavy (non-hydrogen) atoms. The number of carboxylic acids is 1. The molecular weight excluding hydrogens is 1830 g/mol. The second kappa shape index (κ2) is 60.5. The molecule has 0 radical (unpaired) electrons. The van der Waals surface area contributed by atoms with Crippen LogP contribution in [0.1, 0.15) is 110 Å². The number of carboxylic acid groups (broad SMARTS) is 1. The Hall–Kier alpha value is -14.8. The molecule has 0 atom stereocenters. The molecule has 12 rings (SSSR count). The summed E-state index contributed by atoms with van der Waals surface area (Å²) in [5.74, 6) is 7.96. The summed E-state index contributed by atoms with van der Waals surface area (Å²) in [7, 11) is 0. The number of carbonyl (C=O) groups is 9. The molecular formula is C88H100ClN21Na2O25. The largest absolute Gasteiger partial charge is 1.00 e. The average molecular weight is 1930 g/mol. The van der Waals surface area contributed by atoms with Crippen molar-refractivity contribution in [2.24, 2.45) is 35.4 Å². The zero-order chi connectivity index (χ0) is 99.1. The molecule has 0 aliphatic rings. The third-order valence-electron chi connectivity index (χ3n) is 15.4. The first-order valence-corrected chi connectivity index (χ1v) is 40.8. The predicted octanol–water partition coefficient (Wildman–Crippen LogP) is 7.61. The first-order valence-electron chi connectivity index (χ1n) is 40.5. The Balaban J connectivity index is 0.000000432. The maximum atomic E-state index is 11.8. The van der Waals surface area contributed by atoms with Crippen molar-refractivity contribution in [1.82, 2.24) is 99.6 Å². The van der Waals surface area contributed by atoms with E-state index in [4.69, 9.17) is 74.6 Å². The van der Waals surface area contributed by atoms with Crippen molar-refractivity contribution in [3.05, 3.63) is 193 Å². The van der Waals surface area contributed by atoms with E-state index in [9.17, 15) is 48.6 Å². The quantitative estimate of drug-likeness (QED) is 0.00245. The van der Waals surface area contributed by atoms with Gasteiger partial charge in [-0.05, 0) is 183 Å². The summed E-state index contributed by atoms with van der Waals surface area (Å²) in [5.41, 5.74) is 9.08. The van der Waals surface area contributed by atoms with Crippen molar-refractivity contribution < 1.29 is 181 Å². The van der Waals surface area contributed by atoms with Crippen LogP contribution in [0.5, 0.6) is 28.7 Å². The van der Waals surface area contributed by atoms with Crippen molar-refractivity contribution in [3.63, 3.8) is 0 Å². The fourth-order valence-electron chi connectivity index (χ4n) is 9.94. The average Bonchev–Trinajstić information content (AvgIpc) is 1.91. The Morgan fingerprint density at radius 2 is 0.715 bits per heavy atom. The number of esters is 1. The van der Waals surface area contributed by atoms with E-state index in [0.29, 0.717) is 99.5 Å². The number of aliphatic carboxylic acids is 1. The number of rotatable bonds is 29. The fourth-order valence-corrected chi connectivity index (χ4v) is 10.0. The molecule has 12 aromatic rings. The van der Waals surface area contributed by atoms with Gasteiger partial charge in [-0.25, -0.2) is 87.7 Å². The molecule has 0 saturated heterocycles. The van der Waals surface area contributed by atoms with Gasteiger partial charge in [0.15, 0.2) is 29.1 Å². The molecule has 716 valence electrons. The fraction of sp³-hybridized carbons (Fsp3) is 0.284. The predicted molar refractivity (Wildman–Crippen MR) is 482 cm³/mol. The Morgan fingerprint density at radius 1 is 0.431 bits per heavy atom. The number of benzene rings is 5. The smallest absolute Gasteiger partial charge is 1.00 e. The van der Waals surface area contributed by atoms with Gasteiger partial charge in [-0.2, -0.15) is 0 Å². The number of aromatic hydroxyl groups is 2. The van der Waals surface area contributed by atoms with Crippen LogP contribution in [-0.4, -0.2) is 197 Å². The van der Waals surface area contributed by atoms with Crippen LogP contribution in [0.25, 0.3) is 100 Å². The Bertz CT molecular complexity index is 5970. The van der Waals surface area contributed by atoms with Crippen molar-refractivity contribution in [3.8, 4) is 85.7 Å². The third kappa shape index (κ3) is 46.1. The normalized spacial score (nSPS) is 10.7. The number of nitrogens with one attached hydrogen (secondary N) is 1. The molecule has 7 aromatic heterocycles. The van der Waals surface area contributed by atoms with Gasteiger partial charge < -0.3 is 78.4 Å². The van der Waals surface area contributed by atoms with Crippen LogP contribution in [0.2, 0.25) is 0 Å². The van der Waals surface area contributed by atoms with Crippen LogP contribution in [0.4, 0.5) is 24.0 Å². The molecule has 0 aliphatic heterocycles. The van der Waals surface area contributed by atoms with E-state index in [2.05, 4.69) is 85.2 Å². The number of halogens is 1. The first-order chi connectivity index (χ1) is 64.3. The van der Waals surface area contributed by atoms with Crippen molar-refractivity contribution in [2.45, 2.75) is 104 Å². The molecule has 46 nitrogen and oxygen atoms in total. The maximum absolute atomic E-state index is 11.8. The summed E-state index contributed by atoms with van der Waals surface area (Å²) >= 11 is 4.86. The van der Waals surface area contributed by atoms with Gasteiger partial charge in [-0.15, -0.1) is 45.9 Å². The topological polar surface area (TPSA) is 599 Å². The second-order valence-electron chi connectivity index (χ2n) is 30.1. The Kier molecular flexibility index (Phi) is 50.6. The molecule has 0 aliphatic carbocycles.